The fraction of sp³-hybridized carbons (Fsp3) is 0.625. The first kappa shape index (κ1) is 14.4. The molecule has 0 amide bonds. The smallest absolute Gasteiger partial charge is 0.127 e. The molecule has 3 nitrogen and oxygen atoms in total. The molecule has 1 aliphatic carbocycles. The minimum atomic E-state index is -0.124. The van der Waals surface area contributed by atoms with E-state index < -0.39 is 0 Å². The molecule has 0 aromatic heterocycles. The number of ether oxygens (including phenoxy) is 1. The van der Waals surface area contributed by atoms with Crippen LogP contribution in [0.25, 0.3) is 0 Å². The molecule has 2 unspecified atom stereocenters. The van der Waals surface area contributed by atoms with Gasteiger partial charge in [-0.05, 0) is 36.5 Å². The summed E-state index contributed by atoms with van der Waals surface area (Å²) in [5.41, 5.74) is 2.52. The van der Waals surface area contributed by atoms with E-state index in [1.807, 2.05) is 0 Å². The molecular weight excluding hydrogens is 318 g/mol. The third-order valence-corrected chi connectivity index (χ3v) is 4.87. The van der Waals surface area contributed by atoms with Crippen LogP contribution in [0.15, 0.2) is 16.6 Å². The number of hydrogen-bond donors (Lipinski definition) is 2. The predicted octanol–water partition coefficient (Wildman–Crippen LogP) is 3.02. The van der Waals surface area contributed by atoms with Crippen molar-refractivity contribution in [2.75, 3.05) is 13.2 Å². The van der Waals surface area contributed by atoms with E-state index in [-0.39, 0.29) is 6.10 Å². The highest BCUT2D eigenvalue weighted by Crippen LogP contribution is 2.33. The van der Waals surface area contributed by atoms with Gasteiger partial charge in [-0.1, -0.05) is 28.8 Å². The number of aliphatic hydroxyl groups excluding tert-OH is 1. The molecule has 1 aromatic carbocycles. The van der Waals surface area contributed by atoms with Crippen molar-refractivity contribution in [2.24, 2.45) is 5.92 Å². The standard InChI is InChI=1S/C16H22BrNO2/c17-14-7-11-5-6-20-16(11)13(8-14)10-18-9-12-3-1-2-4-15(12)19/h7-8,12,15,18-19H,1-6,9-10H2. The minimum absolute atomic E-state index is 0.124. The fourth-order valence-corrected chi connectivity index (χ4v) is 3.85. The van der Waals surface area contributed by atoms with Crippen LogP contribution < -0.4 is 10.1 Å². The third kappa shape index (κ3) is 3.18. The van der Waals surface area contributed by atoms with Gasteiger partial charge in [0.2, 0.25) is 0 Å². The molecule has 0 bridgehead atoms. The molecule has 2 atom stereocenters. The summed E-state index contributed by atoms with van der Waals surface area (Å²) in [6.07, 6.45) is 5.40. The molecule has 1 fully saturated rings. The first-order valence-electron chi connectivity index (χ1n) is 7.57. The lowest BCUT2D eigenvalue weighted by Gasteiger charge is -2.27. The maximum absolute atomic E-state index is 9.99. The normalized spacial score (nSPS) is 25.3. The Bertz CT molecular complexity index is 478. The van der Waals surface area contributed by atoms with Gasteiger partial charge in [0.25, 0.3) is 0 Å². The molecule has 4 heteroatoms. The molecule has 0 radical (unpaired) electrons. The van der Waals surface area contributed by atoms with E-state index in [9.17, 15) is 5.11 Å². The van der Waals surface area contributed by atoms with Gasteiger partial charge in [0, 0.05) is 29.5 Å². The topological polar surface area (TPSA) is 41.5 Å². The number of hydrogen-bond acceptors (Lipinski definition) is 3. The summed E-state index contributed by atoms with van der Waals surface area (Å²) >= 11 is 3.57. The predicted molar refractivity (Wildman–Crippen MR) is 83.0 cm³/mol. The van der Waals surface area contributed by atoms with E-state index in [0.29, 0.717) is 5.92 Å². The fourth-order valence-electron chi connectivity index (χ4n) is 3.30. The third-order valence-electron chi connectivity index (χ3n) is 4.42. The Morgan fingerprint density at radius 2 is 2.15 bits per heavy atom. The molecule has 1 saturated carbocycles. The highest BCUT2D eigenvalue weighted by Gasteiger charge is 2.23. The van der Waals surface area contributed by atoms with E-state index in [1.165, 1.54) is 24.0 Å². The lowest BCUT2D eigenvalue weighted by molar-refractivity contribution is 0.0695. The molecule has 110 valence electrons. The number of benzene rings is 1. The molecule has 2 aliphatic rings. The number of rotatable bonds is 4. The second-order valence-electron chi connectivity index (χ2n) is 5.89. The molecule has 0 saturated heterocycles. The van der Waals surface area contributed by atoms with E-state index in [0.717, 1.165) is 49.2 Å². The summed E-state index contributed by atoms with van der Waals surface area (Å²) < 4.78 is 6.86. The van der Waals surface area contributed by atoms with Gasteiger partial charge in [0.05, 0.1) is 12.7 Å². The first-order valence-corrected chi connectivity index (χ1v) is 8.36. The van der Waals surface area contributed by atoms with E-state index >= 15 is 0 Å². The lowest BCUT2D eigenvalue weighted by Crippen LogP contribution is -2.33. The molecular formula is C16H22BrNO2. The van der Waals surface area contributed by atoms with Crippen LogP contribution in [-0.2, 0) is 13.0 Å². The second-order valence-corrected chi connectivity index (χ2v) is 6.81. The number of aliphatic hydroxyl groups is 1. The molecule has 2 N–H and O–H groups in total. The largest absolute Gasteiger partial charge is 0.493 e. The Kier molecular flexibility index (Phi) is 4.64. The van der Waals surface area contributed by atoms with Crippen LogP contribution in [0.4, 0.5) is 0 Å². The van der Waals surface area contributed by atoms with Crippen LogP contribution in [0.3, 0.4) is 0 Å². The van der Waals surface area contributed by atoms with Crippen molar-refractivity contribution in [3.05, 3.63) is 27.7 Å². The van der Waals surface area contributed by atoms with Gasteiger partial charge in [0.1, 0.15) is 5.75 Å². The Labute approximate surface area is 128 Å². The summed E-state index contributed by atoms with van der Waals surface area (Å²) in [7, 11) is 0. The maximum Gasteiger partial charge on any atom is 0.127 e. The van der Waals surface area contributed by atoms with Gasteiger partial charge in [-0.15, -0.1) is 0 Å². The highest BCUT2D eigenvalue weighted by molar-refractivity contribution is 9.10. The number of halogens is 1. The molecule has 3 rings (SSSR count). The quantitative estimate of drug-likeness (QED) is 0.885. The zero-order valence-electron chi connectivity index (χ0n) is 11.7. The van der Waals surface area contributed by atoms with Gasteiger partial charge in [-0.3, -0.25) is 0 Å². The van der Waals surface area contributed by atoms with Crippen LogP contribution in [0, 0.1) is 5.92 Å². The van der Waals surface area contributed by atoms with Crippen molar-refractivity contribution >= 4 is 15.9 Å². The molecule has 1 heterocycles. The van der Waals surface area contributed by atoms with Gasteiger partial charge in [-0.2, -0.15) is 0 Å². The van der Waals surface area contributed by atoms with E-state index in [4.69, 9.17) is 4.74 Å². The van der Waals surface area contributed by atoms with Crippen LogP contribution >= 0.6 is 15.9 Å². The summed E-state index contributed by atoms with van der Waals surface area (Å²) in [6, 6.07) is 4.28. The monoisotopic (exact) mass is 339 g/mol. The molecule has 1 aliphatic heterocycles. The maximum atomic E-state index is 9.99. The van der Waals surface area contributed by atoms with Gasteiger partial charge in [-0.25, -0.2) is 0 Å². The summed E-state index contributed by atoms with van der Waals surface area (Å²) in [5, 5.41) is 13.5. The van der Waals surface area contributed by atoms with Crippen molar-refractivity contribution in [1.29, 1.82) is 0 Å². The summed E-state index contributed by atoms with van der Waals surface area (Å²) in [4.78, 5) is 0. The Morgan fingerprint density at radius 3 is 3.00 bits per heavy atom. The lowest BCUT2D eigenvalue weighted by atomic mass is 9.86. The molecule has 20 heavy (non-hydrogen) atoms. The Morgan fingerprint density at radius 1 is 1.30 bits per heavy atom. The summed E-state index contributed by atoms with van der Waals surface area (Å²) in [5.74, 6) is 1.47. The van der Waals surface area contributed by atoms with Crippen molar-refractivity contribution in [3.63, 3.8) is 0 Å². The van der Waals surface area contributed by atoms with E-state index in [1.54, 1.807) is 0 Å². The highest BCUT2D eigenvalue weighted by atomic mass is 79.9. The summed E-state index contributed by atoms with van der Waals surface area (Å²) in [6.45, 7) is 2.49. The Hall–Kier alpha value is -0.580. The number of fused-ring (bicyclic) bond motifs is 1. The zero-order chi connectivity index (χ0) is 13.9. The van der Waals surface area contributed by atoms with Crippen LogP contribution in [0.2, 0.25) is 0 Å². The first-order chi connectivity index (χ1) is 9.74. The average molecular weight is 340 g/mol. The zero-order valence-corrected chi connectivity index (χ0v) is 13.3. The van der Waals surface area contributed by atoms with Crippen molar-refractivity contribution < 1.29 is 9.84 Å². The van der Waals surface area contributed by atoms with Gasteiger partial charge >= 0.3 is 0 Å². The van der Waals surface area contributed by atoms with Crippen LogP contribution in [-0.4, -0.2) is 24.4 Å². The second kappa shape index (κ2) is 6.46. The minimum Gasteiger partial charge on any atom is -0.493 e. The SMILES string of the molecule is OC1CCCCC1CNCc1cc(Br)cc2c1OCC2. The van der Waals surface area contributed by atoms with Gasteiger partial charge < -0.3 is 15.2 Å². The Balaban J connectivity index is 1.59. The number of nitrogens with one attached hydrogen (secondary N) is 1. The molecule has 1 aromatic rings. The van der Waals surface area contributed by atoms with E-state index in [2.05, 4.69) is 33.4 Å². The van der Waals surface area contributed by atoms with Crippen molar-refractivity contribution in [2.45, 2.75) is 44.8 Å². The van der Waals surface area contributed by atoms with Crippen LogP contribution in [0.5, 0.6) is 5.75 Å². The average Bonchev–Trinajstić information content (AvgIpc) is 2.89. The van der Waals surface area contributed by atoms with Crippen molar-refractivity contribution in [3.8, 4) is 5.75 Å². The van der Waals surface area contributed by atoms with Crippen LogP contribution in [0.1, 0.15) is 36.8 Å². The van der Waals surface area contributed by atoms with Gasteiger partial charge in [0.15, 0.2) is 0 Å². The molecule has 0 spiro atoms. The van der Waals surface area contributed by atoms with Crippen molar-refractivity contribution in [1.82, 2.24) is 5.32 Å².